The first kappa shape index (κ1) is 27.1. The maximum atomic E-state index is 12.4. The van der Waals surface area contributed by atoms with Gasteiger partial charge in [-0.25, -0.2) is 14.8 Å². The number of carbonyl (C=O) groups is 2. The summed E-state index contributed by atoms with van der Waals surface area (Å²) in [4.78, 5) is 40.6. The number of fused-ring (bicyclic) bond motifs is 8. The standard InChI is InChI=1S/C32H34N4O4/c1-7-19-15(3)22-11-24-17(5)21(9-10-30(37)38)28(35-24)14-29-31(32(39)40)18(6)25(36-29)12-23-16(4)20(8-2)27(34-23)13-26(19)33-22/h11-14,34,36H,7-10H2,1-6H3,(H,37,38)(H,39,40). The van der Waals surface area contributed by atoms with E-state index in [2.05, 4.69) is 43.7 Å². The van der Waals surface area contributed by atoms with Gasteiger partial charge in [-0.1, -0.05) is 13.8 Å². The summed E-state index contributed by atoms with van der Waals surface area (Å²) < 4.78 is 0. The number of aryl methyl sites for hydroxylation is 3. The Morgan fingerprint density at radius 3 is 1.88 bits per heavy atom. The lowest BCUT2D eigenvalue weighted by atomic mass is 10.00. The zero-order chi connectivity index (χ0) is 28.9. The van der Waals surface area contributed by atoms with Crippen molar-refractivity contribution in [2.75, 3.05) is 0 Å². The SMILES string of the molecule is CCC1=C(C)c2cc3nc(cc4[nH]c(cc5[nH]c(cc1n2)c(CC)c5C)c(C)c4C(=O)O)C(CCC(=O)O)=C3C. The second kappa shape index (κ2) is 10.3. The summed E-state index contributed by atoms with van der Waals surface area (Å²) in [5.41, 5.74) is 13.0. The van der Waals surface area contributed by atoms with Crippen LogP contribution in [0, 0.1) is 13.8 Å². The van der Waals surface area contributed by atoms with E-state index in [-0.39, 0.29) is 18.4 Å². The summed E-state index contributed by atoms with van der Waals surface area (Å²) in [6.07, 6.45) is 1.90. The van der Waals surface area contributed by atoms with Gasteiger partial charge < -0.3 is 20.2 Å². The Morgan fingerprint density at radius 2 is 1.27 bits per heavy atom. The molecule has 2 aliphatic rings. The average molecular weight is 539 g/mol. The highest BCUT2D eigenvalue weighted by Crippen LogP contribution is 2.37. The van der Waals surface area contributed by atoms with Crippen molar-refractivity contribution in [2.45, 2.75) is 67.2 Å². The van der Waals surface area contributed by atoms with Crippen molar-refractivity contribution >= 4 is 56.3 Å². The molecule has 3 aromatic rings. The van der Waals surface area contributed by atoms with Crippen LogP contribution < -0.4 is 0 Å². The molecule has 0 fully saturated rings. The molecule has 0 aromatic carbocycles. The molecule has 3 aromatic heterocycles. The first-order valence-corrected chi connectivity index (χ1v) is 13.6. The maximum absolute atomic E-state index is 12.4. The number of aromatic amines is 2. The van der Waals surface area contributed by atoms with Crippen LogP contribution in [-0.4, -0.2) is 42.1 Å². The van der Waals surface area contributed by atoms with Crippen molar-refractivity contribution in [1.82, 2.24) is 19.9 Å². The Bertz CT molecular complexity index is 1820. The van der Waals surface area contributed by atoms with Gasteiger partial charge in [0.25, 0.3) is 0 Å². The molecule has 0 radical (unpaired) electrons. The second-order valence-electron chi connectivity index (χ2n) is 10.5. The van der Waals surface area contributed by atoms with Gasteiger partial charge in [0.1, 0.15) is 0 Å². The molecule has 0 atom stereocenters. The highest BCUT2D eigenvalue weighted by Gasteiger charge is 2.22. The van der Waals surface area contributed by atoms with Crippen molar-refractivity contribution in [1.29, 1.82) is 0 Å². The third-order valence-electron chi connectivity index (χ3n) is 8.18. The third kappa shape index (κ3) is 4.53. The normalized spacial score (nSPS) is 13.3. The predicted octanol–water partition coefficient (Wildman–Crippen LogP) is 7.33. The first-order valence-electron chi connectivity index (χ1n) is 13.6. The van der Waals surface area contributed by atoms with E-state index >= 15 is 0 Å². The summed E-state index contributed by atoms with van der Waals surface area (Å²) in [5, 5.41) is 19.5. The van der Waals surface area contributed by atoms with Gasteiger partial charge in [-0.05, 0) is 110 Å². The molecule has 206 valence electrons. The van der Waals surface area contributed by atoms with Gasteiger partial charge in [-0.15, -0.1) is 0 Å². The topological polar surface area (TPSA) is 132 Å². The smallest absolute Gasteiger partial charge is 0.338 e. The monoisotopic (exact) mass is 538 g/mol. The van der Waals surface area contributed by atoms with E-state index in [0.717, 1.165) is 57.5 Å². The number of aliphatic carboxylic acids is 1. The third-order valence-corrected chi connectivity index (χ3v) is 8.18. The lowest BCUT2D eigenvalue weighted by Gasteiger charge is -2.02. The van der Waals surface area contributed by atoms with Gasteiger partial charge >= 0.3 is 11.9 Å². The number of allylic oxidation sites excluding steroid dienone is 4. The fourth-order valence-electron chi connectivity index (χ4n) is 5.88. The average Bonchev–Trinajstić information content (AvgIpc) is 3.55. The van der Waals surface area contributed by atoms with Crippen LogP contribution in [0.3, 0.4) is 0 Å². The second-order valence-corrected chi connectivity index (χ2v) is 10.5. The highest BCUT2D eigenvalue weighted by molar-refractivity contribution is 6.02. The maximum Gasteiger partial charge on any atom is 0.338 e. The van der Waals surface area contributed by atoms with Crippen molar-refractivity contribution in [3.63, 3.8) is 0 Å². The molecule has 8 heteroatoms. The number of aromatic carboxylic acids is 1. The zero-order valence-electron chi connectivity index (χ0n) is 23.7. The van der Waals surface area contributed by atoms with Crippen molar-refractivity contribution in [2.24, 2.45) is 0 Å². The Hall–Kier alpha value is -4.46. The van der Waals surface area contributed by atoms with Gasteiger partial charge in [-0.2, -0.15) is 0 Å². The van der Waals surface area contributed by atoms with Crippen LogP contribution in [0.2, 0.25) is 0 Å². The number of carboxylic acid groups (broad SMARTS) is 2. The van der Waals surface area contributed by atoms with E-state index < -0.39 is 11.9 Å². The molecule has 40 heavy (non-hydrogen) atoms. The molecule has 0 saturated heterocycles. The quantitative estimate of drug-likeness (QED) is 0.260. The molecule has 4 N–H and O–H groups in total. The van der Waals surface area contributed by atoms with E-state index in [4.69, 9.17) is 9.97 Å². The minimum Gasteiger partial charge on any atom is -0.481 e. The van der Waals surface area contributed by atoms with E-state index in [9.17, 15) is 19.8 Å². The molecule has 0 saturated carbocycles. The van der Waals surface area contributed by atoms with Crippen LogP contribution in [0.5, 0.6) is 0 Å². The number of H-pyrrole nitrogens is 2. The highest BCUT2D eigenvalue weighted by atomic mass is 16.4. The minimum absolute atomic E-state index is 0.0535. The fraction of sp³-hybridized carbons (Fsp3) is 0.312. The van der Waals surface area contributed by atoms with Crippen LogP contribution >= 0.6 is 0 Å². The van der Waals surface area contributed by atoms with Crippen LogP contribution in [0.1, 0.15) is 96.8 Å². The van der Waals surface area contributed by atoms with Crippen molar-refractivity contribution < 1.29 is 19.8 Å². The van der Waals surface area contributed by atoms with E-state index in [0.29, 0.717) is 28.0 Å². The Kier molecular flexibility index (Phi) is 6.96. The van der Waals surface area contributed by atoms with E-state index in [1.165, 1.54) is 11.1 Å². The molecule has 0 amide bonds. The Balaban J connectivity index is 1.97. The van der Waals surface area contributed by atoms with E-state index in [1.807, 2.05) is 19.1 Å². The van der Waals surface area contributed by atoms with Crippen molar-refractivity contribution in [3.05, 3.63) is 69.3 Å². The lowest BCUT2D eigenvalue weighted by Crippen LogP contribution is -1.97. The number of nitrogens with zero attached hydrogens (tertiary/aromatic N) is 2. The largest absolute Gasteiger partial charge is 0.481 e. The summed E-state index contributed by atoms with van der Waals surface area (Å²) >= 11 is 0. The summed E-state index contributed by atoms with van der Waals surface area (Å²) in [6, 6.07) is 7.75. The molecular weight excluding hydrogens is 504 g/mol. The van der Waals surface area contributed by atoms with Gasteiger partial charge in [0, 0.05) is 23.0 Å². The Morgan fingerprint density at radius 1 is 0.700 bits per heavy atom. The van der Waals surface area contributed by atoms with Crippen LogP contribution in [0.15, 0.2) is 24.3 Å². The summed E-state index contributed by atoms with van der Waals surface area (Å²) in [6.45, 7) is 12.1. The molecule has 0 spiro atoms. The van der Waals surface area contributed by atoms with Gasteiger partial charge in [0.15, 0.2) is 0 Å². The number of hydrogen-bond donors (Lipinski definition) is 4. The zero-order valence-corrected chi connectivity index (χ0v) is 23.7. The fourth-order valence-corrected chi connectivity index (χ4v) is 5.88. The Labute approximate surface area is 232 Å². The van der Waals surface area contributed by atoms with Crippen LogP contribution in [0.25, 0.3) is 44.4 Å². The molecular formula is C32H34N4O4. The molecule has 5 heterocycles. The molecule has 8 bridgehead atoms. The van der Waals surface area contributed by atoms with Gasteiger partial charge in [-0.3, -0.25) is 4.79 Å². The number of hydrogen-bond acceptors (Lipinski definition) is 4. The lowest BCUT2D eigenvalue weighted by molar-refractivity contribution is -0.136. The van der Waals surface area contributed by atoms with E-state index in [1.54, 1.807) is 13.0 Å². The molecule has 2 aliphatic heterocycles. The number of rotatable bonds is 6. The molecule has 8 nitrogen and oxygen atoms in total. The predicted molar refractivity (Wildman–Crippen MR) is 159 cm³/mol. The number of nitrogens with one attached hydrogen (secondary N) is 2. The number of aromatic nitrogens is 4. The van der Waals surface area contributed by atoms with Crippen LogP contribution in [-0.2, 0) is 11.2 Å². The molecule has 0 unspecified atom stereocenters. The number of carboxylic acids is 2. The molecule has 5 rings (SSSR count). The van der Waals surface area contributed by atoms with Crippen molar-refractivity contribution in [3.8, 4) is 0 Å². The van der Waals surface area contributed by atoms with Crippen LogP contribution in [0.4, 0.5) is 0 Å². The minimum atomic E-state index is -1.04. The summed E-state index contributed by atoms with van der Waals surface area (Å²) in [7, 11) is 0. The first-order chi connectivity index (χ1) is 19.0. The van der Waals surface area contributed by atoms with Gasteiger partial charge in [0.2, 0.25) is 0 Å². The molecule has 0 aliphatic carbocycles. The van der Waals surface area contributed by atoms with Gasteiger partial charge in [0.05, 0.1) is 33.9 Å². The summed E-state index contributed by atoms with van der Waals surface area (Å²) in [5.74, 6) is -1.94.